The van der Waals surface area contributed by atoms with Gasteiger partial charge in [-0.05, 0) is 18.2 Å². The number of hydrogen-bond donors (Lipinski definition) is 2. The molecule has 0 spiro atoms. The summed E-state index contributed by atoms with van der Waals surface area (Å²) in [5.74, 6) is 0. The van der Waals surface area contributed by atoms with Crippen molar-refractivity contribution in [2.75, 3.05) is 13.1 Å². The maximum Gasteiger partial charge on any atom is 0.142 e. The number of rotatable bonds is 19. The zero-order valence-corrected chi connectivity index (χ0v) is 18.4. The van der Waals surface area contributed by atoms with Crippen LogP contribution in [0.4, 0.5) is 0 Å². The minimum Gasteiger partial charge on any atom is -0.356 e. The highest BCUT2D eigenvalue weighted by Crippen LogP contribution is 2.14. The van der Waals surface area contributed by atoms with Crippen LogP contribution in [0.3, 0.4) is 0 Å². The van der Waals surface area contributed by atoms with E-state index in [4.69, 9.17) is 15.3 Å². The Kier molecular flexibility index (Phi) is 23.4. The molecule has 0 amide bonds. The molecule has 0 atom stereocenters. The summed E-state index contributed by atoms with van der Waals surface area (Å²) in [5.41, 5.74) is 0. The van der Waals surface area contributed by atoms with E-state index in [0.717, 1.165) is 12.8 Å². The number of hydrogen-bond acceptors (Lipinski definition) is 5. The molecule has 0 aliphatic carbocycles. The molecule has 2 N–H and O–H groups in total. The quantitative estimate of drug-likeness (QED) is 0.104. The van der Waals surface area contributed by atoms with E-state index >= 15 is 0 Å². The molecule has 0 aliphatic heterocycles. The summed E-state index contributed by atoms with van der Waals surface area (Å²) in [5, 5.41) is 33.6. The van der Waals surface area contributed by atoms with Gasteiger partial charge in [0.25, 0.3) is 0 Å². The second-order valence-corrected chi connectivity index (χ2v) is 7.80. The summed E-state index contributed by atoms with van der Waals surface area (Å²) in [6.45, 7) is 4.92. The van der Waals surface area contributed by atoms with E-state index in [9.17, 15) is 10.4 Å². The summed E-state index contributed by atoms with van der Waals surface area (Å²) >= 11 is 0. The average Bonchev–Trinajstić information content (AvgIpc) is 2.64. The molecule has 0 aromatic carbocycles. The van der Waals surface area contributed by atoms with E-state index in [0.29, 0.717) is 13.1 Å². The molecule has 0 unspecified atom stereocenters. The predicted molar refractivity (Wildman–Crippen MR) is 114 cm³/mol. The second kappa shape index (κ2) is 22.4. The Morgan fingerprint density at radius 2 is 0.857 bits per heavy atom. The second-order valence-electron chi connectivity index (χ2n) is 7.80. The molecule has 0 aliphatic rings. The summed E-state index contributed by atoms with van der Waals surface area (Å²) in [7, 11) is 0. The number of unbranched alkanes of at least 4 members (excludes halogenated alkanes) is 16. The molecule has 0 aromatic rings. The van der Waals surface area contributed by atoms with Crippen LogP contribution in [0, 0.1) is 15.3 Å². The average molecular weight is 407 g/mol. The molecule has 0 bridgehead atoms. The van der Waals surface area contributed by atoms with Gasteiger partial charge in [-0.2, -0.15) is 10.4 Å². The fourth-order valence-corrected chi connectivity index (χ4v) is 3.25. The Bertz CT molecular complexity index is 324. The van der Waals surface area contributed by atoms with Crippen LogP contribution in [0.25, 0.3) is 0 Å². The van der Waals surface area contributed by atoms with E-state index in [1.54, 1.807) is 6.92 Å². The molecule has 0 saturated heterocycles. The van der Waals surface area contributed by atoms with Crippen molar-refractivity contribution in [1.82, 2.24) is 0 Å². The predicted octanol–water partition coefficient (Wildman–Crippen LogP) is 7.01. The molecular weight excluding hydrogens is 360 g/mol. The minimum absolute atomic E-state index is 0.374. The van der Waals surface area contributed by atoms with Crippen molar-refractivity contribution < 1.29 is 20.3 Å². The van der Waals surface area contributed by atoms with Gasteiger partial charge in [-0.15, -0.1) is 0 Å². The SMILES string of the molecule is CCCCCCCCCCCCCCCCCCC[N+](O)(O)CC.O=[N+]([O-])[O-]. The lowest BCUT2D eigenvalue weighted by molar-refractivity contribution is -1.24. The zero-order valence-electron chi connectivity index (χ0n) is 18.4. The van der Waals surface area contributed by atoms with Crippen LogP contribution in [0.15, 0.2) is 0 Å². The maximum absolute atomic E-state index is 9.44. The third-order valence-electron chi connectivity index (χ3n) is 5.13. The van der Waals surface area contributed by atoms with Gasteiger partial charge < -0.3 is 15.3 Å². The van der Waals surface area contributed by atoms with Crippen molar-refractivity contribution in [3.8, 4) is 0 Å². The van der Waals surface area contributed by atoms with Crippen molar-refractivity contribution in [3.63, 3.8) is 0 Å². The maximum atomic E-state index is 9.44. The lowest BCUT2D eigenvalue weighted by Crippen LogP contribution is -2.41. The first-order chi connectivity index (χ1) is 13.4. The molecule has 0 aromatic heterocycles. The summed E-state index contributed by atoms with van der Waals surface area (Å²) in [6, 6.07) is 0. The van der Waals surface area contributed by atoms with Crippen molar-refractivity contribution in [2.24, 2.45) is 0 Å². The summed E-state index contributed by atoms with van der Waals surface area (Å²) in [4.78, 5) is 7.44. The molecule has 0 saturated carbocycles. The highest BCUT2D eigenvalue weighted by atomic mass is 16.9. The topological polar surface area (TPSA) is 107 Å². The lowest BCUT2D eigenvalue weighted by Gasteiger charge is -2.18. The molecule has 170 valence electrons. The molecule has 7 nitrogen and oxygen atoms in total. The van der Waals surface area contributed by atoms with Gasteiger partial charge in [0.15, 0.2) is 0 Å². The van der Waals surface area contributed by atoms with Crippen LogP contribution in [0.1, 0.15) is 123 Å². The number of nitrogens with zero attached hydrogens (tertiary/aromatic N) is 2. The molecule has 28 heavy (non-hydrogen) atoms. The van der Waals surface area contributed by atoms with Crippen molar-refractivity contribution >= 4 is 0 Å². The molecule has 7 heteroatoms. The van der Waals surface area contributed by atoms with Gasteiger partial charge in [0, 0.05) is 6.42 Å². The summed E-state index contributed by atoms with van der Waals surface area (Å²) < 4.78 is 0. The van der Waals surface area contributed by atoms with E-state index < -0.39 is 9.90 Å². The zero-order chi connectivity index (χ0) is 21.5. The molecule has 0 radical (unpaired) electrons. The van der Waals surface area contributed by atoms with Gasteiger partial charge in [0.2, 0.25) is 0 Å². The third-order valence-corrected chi connectivity index (χ3v) is 5.13. The monoisotopic (exact) mass is 406 g/mol. The smallest absolute Gasteiger partial charge is 0.142 e. The van der Waals surface area contributed by atoms with E-state index in [1.165, 1.54) is 96.3 Å². The highest BCUT2D eigenvalue weighted by molar-refractivity contribution is 4.50. The largest absolute Gasteiger partial charge is 0.356 e. The first-order valence-corrected chi connectivity index (χ1v) is 11.5. The van der Waals surface area contributed by atoms with Crippen LogP contribution in [0.5, 0.6) is 0 Å². The van der Waals surface area contributed by atoms with Crippen molar-refractivity contribution in [1.29, 1.82) is 0 Å². The van der Waals surface area contributed by atoms with E-state index in [1.807, 2.05) is 0 Å². The van der Waals surface area contributed by atoms with Gasteiger partial charge in [0.05, 0.1) is 5.09 Å². The highest BCUT2D eigenvalue weighted by Gasteiger charge is 2.17. The first-order valence-electron chi connectivity index (χ1n) is 11.5. The van der Waals surface area contributed by atoms with Crippen LogP contribution in [-0.2, 0) is 0 Å². The fraction of sp³-hybridized carbons (Fsp3) is 1.00. The fourth-order valence-electron chi connectivity index (χ4n) is 3.25. The Labute approximate surface area is 172 Å². The minimum atomic E-state index is -1.75. The first kappa shape index (κ1) is 29.3. The van der Waals surface area contributed by atoms with Crippen molar-refractivity contribution in [2.45, 2.75) is 123 Å². The Morgan fingerprint density at radius 1 is 0.607 bits per heavy atom. The van der Waals surface area contributed by atoms with Gasteiger partial charge in [-0.25, -0.2) is 0 Å². The van der Waals surface area contributed by atoms with Crippen LogP contribution in [-0.4, -0.2) is 33.4 Å². The Hall–Kier alpha value is -0.920. The van der Waals surface area contributed by atoms with Gasteiger partial charge >= 0.3 is 0 Å². The molecule has 0 heterocycles. The van der Waals surface area contributed by atoms with Crippen LogP contribution in [0.2, 0.25) is 0 Å². The van der Waals surface area contributed by atoms with E-state index in [-0.39, 0.29) is 0 Å². The normalized spacial score (nSPS) is 11.1. The number of quaternary nitrogens is 1. The third kappa shape index (κ3) is 29.8. The van der Waals surface area contributed by atoms with Gasteiger partial charge in [-0.1, -0.05) is 103 Å². The van der Waals surface area contributed by atoms with Crippen molar-refractivity contribution in [3.05, 3.63) is 15.3 Å². The Balaban J connectivity index is 0. The molecule has 0 rings (SSSR count). The molecular formula is C21H46N2O5. The standard InChI is InChI=1S/C21H46NO2.NO3/c1-3-5-6-7-8-9-10-11-12-13-14-15-16-17-18-19-20-21-22(23,24)4-2;2-1(3)4/h23-24H,3-21H2,1-2H3;/q+1;-1. The lowest BCUT2D eigenvalue weighted by atomic mass is 10.0. The van der Waals surface area contributed by atoms with Gasteiger partial charge in [0.1, 0.15) is 13.1 Å². The van der Waals surface area contributed by atoms with Crippen LogP contribution < -0.4 is 0 Å². The summed E-state index contributed by atoms with van der Waals surface area (Å²) in [6.07, 6.45) is 23.0. The van der Waals surface area contributed by atoms with Gasteiger partial charge in [-0.3, -0.25) is 0 Å². The number of hydroxylamine groups is 4. The Morgan fingerprint density at radius 3 is 1.11 bits per heavy atom. The van der Waals surface area contributed by atoms with Crippen LogP contribution >= 0.6 is 0 Å². The van der Waals surface area contributed by atoms with E-state index in [2.05, 4.69) is 6.92 Å². The molecule has 0 fully saturated rings.